The average Bonchev–Trinajstić information content (AvgIpc) is 2.91. The van der Waals surface area contributed by atoms with Crippen molar-refractivity contribution in [1.82, 2.24) is 4.98 Å². The number of ether oxygens (including phenoxy) is 1. The van der Waals surface area contributed by atoms with Gasteiger partial charge in [0.05, 0.1) is 13.0 Å². The lowest BCUT2D eigenvalue weighted by molar-refractivity contribution is -0.137. The fraction of sp³-hybridized carbons (Fsp3) is 0.280. The van der Waals surface area contributed by atoms with Gasteiger partial charge in [0.15, 0.2) is 0 Å². The smallest absolute Gasteiger partial charge is 0.304 e. The number of rotatable bonds is 8. The number of benzene rings is 2. The third kappa shape index (κ3) is 4.79. The molecule has 1 aromatic heterocycles. The first-order valence-electron chi connectivity index (χ1n) is 10.4. The molecule has 0 saturated heterocycles. The van der Waals surface area contributed by atoms with E-state index in [-0.39, 0.29) is 12.3 Å². The number of aromatic nitrogens is 1. The van der Waals surface area contributed by atoms with Crippen molar-refractivity contribution in [1.29, 1.82) is 0 Å². The Hall–Kier alpha value is -3.34. The second kappa shape index (κ2) is 9.44. The summed E-state index contributed by atoms with van der Waals surface area (Å²) in [5, 5.41) is 12.8. The van der Waals surface area contributed by atoms with Gasteiger partial charge in [0, 0.05) is 18.7 Å². The number of carboxylic acid groups (broad SMARTS) is 1. The van der Waals surface area contributed by atoms with Crippen LogP contribution in [0.1, 0.15) is 41.0 Å². The Morgan fingerprint density at radius 3 is 2.63 bits per heavy atom. The molecule has 0 fully saturated rings. The van der Waals surface area contributed by atoms with Crippen LogP contribution in [-0.2, 0) is 17.6 Å². The van der Waals surface area contributed by atoms with Crippen molar-refractivity contribution in [2.24, 2.45) is 0 Å². The summed E-state index contributed by atoms with van der Waals surface area (Å²) in [6.07, 6.45) is 4.53. The van der Waals surface area contributed by atoms with Crippen molar-refractivity contribution in [3.63, 3.8) is 0 Å². The fourth-order valence-corrected chi connectivity index (χ4v) is 4.09. The van der Waals surface area contributed by atoms with Gasteiger partial charge < -0.3 is 15.2 Å². The lowest BCUT2D eigenvalue weighted by Crippen LogP contribution is -2.11. The number of aryl methyl sites for hydroxylation is 2. The molecule has 1 heterocycles. The summed E-state index contributed by atoms with van der Waals surface area (Å²) in [4.78, 5) is 15.8. The third-order valence-corrected chi connectivity index (χ3v) is 5.53. The SMILES string of the molecule is O=C(O)CC1c2ccccc2CCc2ccc(OCCCNc3ccccn3)cc21. The zero-order valence-corrected chi connectivity index (χ0v) is 16.9. The number of aliphatic carboxylic acids is 1. The van der Waals surface area contributed by atoms with Crippen molar-refractivity contribution in [2.45, 2.75) is 31.6 Å². The summed E-state index contributed by atoms with van der Waals surface area (Å²) in [6, 6.07) is 20.1. The molecule has 0 spiro atoms. The first-order chi connectivity index (χ1) is 14.7. The number of carboxylic acids is 1. The lowest BCUT2D eigenvalue weighted by Gasteiger charge is -2.19. The largest absolute Gasteiger partial charge is 0.494 e. The maximum Gasteiger partial charge on any atom is 0.304 e. The summed E-state index contributed by atoms with van der Waals surface area (Å²) in [5.41, 5.74) is 4.64. The molecule has 1 aliphatic carbocycles. The standard InChI is InChI=1S/C25H26N2O3/c28-25(29)17-23-21-7-2-1-6-18(21)9-10-19-11-12-20(16-22(19)23)30-15-5-14-27-24-8-3-4-13-26-24/h1-4,6-8,11-13,16,23H,5,9-10,14-15,17H2,(H,26,27)(H,28,29). The quantitative estimate of drug-likeness (QED) is 0.536. The number of hydrogen-bond acceptors (Lipinski definition) is 4. The Bertz CT molecular complexity index is 1000. The van der Waals surface area contributed by atoms with Gasteiger partial charge in [-0.1, -0.05) is 36.4 Å². The van der Waals surface area contributed by atoms with Gasteiger partial charge in [-0.25, -0.2) is 4.98 Å². The van der Waals surface area contributed by atoms with Crippen LogP contribution >= 0.6 is 0 Å². The van der Waals surface area contributed by atoms with Gasteiger partial charge >= 0.3 is 5.97 Å². The molecular formula is C25H26N2O3. The van der Waals surface area contributed by atoms with Crippen LogP contribution < -0.4 is 10.1 Å². The molecule has 0 bridgehead atoms. The van der Waals surface area contributed by atoms with Crippen LogP contribution in [0.2, 0.25) is 0 Å². The number of nitrogens with one attached hydrogen (secondary N) is 1. The maximum atomic E-state index is 11.6. The lowest BCUT2D eigenvalue weighted by atomic mass is 9.85. The summed E-state index contributed by atoms with van der Waals surface area (Å²) < 4.78 is 5.98. The van der Waals surface area contributed by atoms with Crippen molar-refractivity contribution in [3.05, 3.63) is 89.1 Å². The molecule has 0 aliphatic heterocycles. The summed E-state index contributed by atoms with van der Waals surface area (Å²) in [6.45, 7) is 1.36. The highest BCUT2D eigenvalue weighted by molar-refractivity contribution is 5.70. The molecule has 0 amide bonds. The van der Waals surface area contributed by atoms with E-state index in [2.05, 4.69) is 28.5 Å². The highest BCUT2D eigenvalue weighted by Gasteiger charge is 2.26. The Morgan fingerprint density at radius 2 is 1.83 bits per heavy atom. The molecular weight excluding hydrogens is 376 g/mol. The monoisotopic (exact) mass is 402 g/mol. The molecule has 0 radical (unpaired) electrons. The van der Waals surface area contributed by atoms with Gasteiger partial charge in [0.2, 0.25) is 0 Å². The topological polar surface area (TPSA) is 71.5 Å². The Kier molecular flexibility index (Phi) is 6.28. The fourth-order valence-electron chi connectivity index (χ4n) is 4.09. The number of nitrogens with zero attached hydrogens (tertiary/aromatic N) is 1. The van der Waals surface area contributed by atoms with Crippen molar-refractivity contribution >= 4 is 11.8 Å². The highest BCUT2D eigenvalue weighted by Crippen LogP contribution is 2.38. The molecule has 2 N–H and O–H groups in total. The summed E-state index contributed by atoms with van der Waals surface area (Å²) >= 11 is 0. The molecule has 1 aliphatic rings. The van der Waals surface area contributed by atoms with Crippen molar-refractivity contribution in [2.75, 3.05) is 18.5 Å². The van der Waals surface area contributed by atoms with Gasteiger partial charge in [0.25, 0.3) is 0 Å². The number of anilines is 1. The minimum Gasteiger partial charge on any atom is -0.494 e. The van der Waals surface area contributed by atoms with E-state index in [1.807, 2.05) is 42.5 Å². The van der Waals surface area contributed by atoms with Crippen LogP contribution in [0.25, 0.3) is 0 Å². The van der Waals surface area contributed by atoms with Crippen LogP contribution in [0.3, 0.4) is 0 Å². The Morgan fingerprint density at radius 1 is 1.03 bits per heavy atom. The summed E-state index contributed by atoms with van der Waals surface area (Å²) in [5.74, 6) is 0.721. The van der Waals surface area contributed by atoms with Gasteiger partial charge in [-0.3, -0.25) is 4.79 Å². The molecule has 3 aromatic rings. The number of fused-ring (bicyclic) bond motifs is 2. The highest BCUT2D eigenvalue weighted by atomic mass is 16.5. The van der Waals surface area contributed by atoms with E-state index in [0.29, 0.717) is 6.61 Å². The molecule has 2 aromatic carbocycles. The predicted octanol–water partition coefficient (Wildman–Crippen LogP) is 4.67. The molecule has 5 heteroatoms. The molecule has 1 unspecified atom stereocenters. The van der Waals surface area contributed by atoms with Crippen molar-refractivity contribution < 1.29 is 14.6 Å². The van der Waals surface area contributed by atoms with Crippen LogP contribution in [0.4, 0.5) is 5.82 Å². The minimum absolute atomic E-state index is 0.0848. The van der Waals surface area contributed by atoms with Crippen molar-refractivity contribution in [3.8, 4) is 5.75 Å². The number of pyridine rings is 1. The molecule has 30 heavy (non-hydrogen) atoms. The predicted molar refractivity (Wildman–Crippen MR) is 117 cm³/mol. The van der Waals surface area contributed by atoms with Crippen LogP contribution in [0.15, 0.2) is 66.9 Å². The molecule has 0 saturated carbocycles. The Labute approximate surface area is 176 Å². The van der Waals surface area contributed by atoms with E-state index < -0.39 is 5.97 Å². The third-order valence-electron chi connectivity index (χ3n) is 5.53. The van der Waals surface area contributed by atoms with Crippen LogP contribution in [0, 0.1) is 0 Å². The van der Waals surface area contributed by atoms with Crippen LogP contribution in [0.5, 0.6) is 5.75 Å². The maximum absolute atomic E-state index is 11.6. The van der Waals surface area contributed by atoms with Gasteiger partial charge in [0.1, 0.15) is 11.6 Å². The minimum atomic E-state index is -0.783. The van der Waals surface area contributed by atoms with Gasteiger partial charge in [-0.05, 0) is 65.8 Å². The first-order valence-corrected chi connectivity index (χ1v) is 10.4. The Balaban J connectivity index is 1.45. The zero-order valence-electron chi connectivity index (χ0n) is 16.9. The van der Waals surface area contributed by atoms with Gasteiger partial charge in [-0.15, -0.1) is 0 Å². The number of carbonyl (C=O) groups is 1. The first kappa shape index (κ1) is 20.0. The van der Waals surface area contributed by atoms with E-state index >= 15 is 0 Å². The second-order valence-corrected chi connectivity index (χ2v) is 7.55. The van der Waals surface area contributed by atoms with E-state index in [1.165, 1.54) is 11.1 Å². The second-order valence-electron chi connectivity index (χ2n) is 7.55. The summed E-state index contributed by atoms with van der Waals surface area (Å²) in [7, 11) is 0. The molecule has 154 valence electrons. The molecule has 5 nitrogen and oxygen atoms in total. The van der Waals surface area contributed by atoms with E-state index in [4.69, 9.17) is 4.74 Å². The number of hydrogen-bond donors (Lipinski definition) is 2. The van der Waals surface area contributed by atoms with E-state index in [0.717, 1.165) is 48.5 Å². The van der Waals surface area contributed by atoms with Gasteiger partial charge in [-0.2, -0.15) is 0 Å². The zero-order chi connectivity index (χ0) is 20.8. The average molecular weight is 402 g/mol. The molecule has 1 atom stereocenters. The van der Waals surface area contributed by atoms with E-state index in [1.54, 1.807) is 6.20 Å². The van der Waals surface area contributed by atoms with Crippen LogP contribution in [-0.4, -0.2) is 29.2 Å². The van der Waals surface area contributed by atoms with E-state index in [9.17, 15) is 9.90 Å². The molecule has 4 rings (SSSR count). The normalized spacial score (nSPS) is 14.9.